The second kappa shape index (κ2) is 6.69. The molecule has 10 heteroatoms. The zero-order valence-corrected chi connectivity index (χ0v) is 15.5. The zero-order valence-electron chi connectivity index (χ0n) is 14.7. The highest BCUT2D eigenvalue weighted by molar-refractivity contribution is 8.18. The van der Waals surface area contributed by atoms with Gasteiger partial charge in [0.25, 0.3) is 17.1 Å². The summed E-state index contributed by atoms with van der Waals surface area (Å²) in [4.78, 5) is 38.5. The topological polar surface area (TPSA) is 98.3 Å². The Labute approximate surface area is 162 Å². The minimum absolute atomic E-state index is 0.0687. The van der Waals surface area contributed by atoms with E-state index < -0.39 is 29.5 Å². The van der Waals surface area contributed by atoms with Gasteiger partial charge in [-0.2, -0.15) is 9.78 Å². The van der Waals surface area contributed by atoms with E-state index in [1.54, 1.807) is 18.2 Å². The van der Waals surface area contributed by atoms with Crippen LogP contribution in [-0.4, -0.2) is 44.2 Å². The number of carbonyl (C=O) groups excluding carboxylic acids is 3. The van der Waals surface area contributed by atoms with Crippen molar-refractivity contribution in [2.75, 3.05) is 12.3 Å². The van der Waals surface area contributed by atoms with Gasteiger partial charge < -0.3 is 5.73 Å². The molecule has 2 fully saturated rings. The van der Waals surface area contributed by atoms with Crippen molar-refractivity contribution in [2.24, 2.45) is 0 Å². The van der Waals surface area contributed by atoms with E-state index in [0.717, 1.165) is 9.58 Å². The Balaban J connectivity index is 1.55. The van der Waals surface area contributed by atoms with Crippen molar-refractivity contribution in [2.45, 2.75) is 31.6 Å². The first-order valence-corrected chi connectivity index (χ1v) is 9.47. The molecule has 0 bridgehead atoms. The van der Waals surface area contributed by atoms with Crippen molar-refractivity contribution in [3.8, 4) is 0 Å². The fourth-order valence-corrected chi connectivity index (χ4v) is 4.31. The minimum atomic E-state index is -2.74. The summed E-state index contributed by atoms with van der Waals surface area (Å²) in [5, 5.41) is 4.12. The van der Waals surface area contributed by atoms with Gasteiger partial charge in [0.2, 0.25) is 5.92 Å². The number of carbonyl (C=O) groups is 3. The van der Waals surface area contributed by atoms with Crippen LogP contribution in [0.2, 0.25) is 0 Å². The second-order valence-electron chi connectivity index (χ2n) is 6.82. The van der Waals surface area contributed by atoms with E-state index in [2.05, 4.69) is 5.10 Å². The maximum absolute atomic E-state index is 13.3. The van der Waals surface area contributed by atoms with Gasteiger partial charge in [-0.25, -0.2) is 8.78 Å². The van der Waals surface area contributed by atoms with Crippen molar-refractivity contribution in [3.05, 3.63) is 34.9 Å². The molecule has 1 aliphatic heterocycles. The number of nitrogens with zero attached hydrogens (tertiary/aromatic N) is 3. The van der Waals surface area contributed by atoms with Crippen molar-refractivity contribution in [1.82, 2.24) is 14.7 Å². The number of hydrogen-bond donors (Lipinski definition) is 1. The number of halogens is 2. The average Bonchev–Trinajstić information content (AvgIpc) is 3.17. The van der Waals surface area contributed by atoms with Crippen molar-refractivity contribution >= 4 is 45.4 Å². The van der Waals surface area contributed by atoms with Crippen LogP contribution in [0.3, 0.4) is 0 Å². The first-order chi connectivity index (χ1) is 13.2. The number of rotatable bonds is 2. The van der Waals surface area contributed by atoms with Crippen molar-refractivity contribution < 1.29 is 23.2 Å². The first kappa shape index (κ1) is 18.6. The molecule has 28 heavy (non-hydrogen) atoms. The predicted molar refractivity (Wildman–Crippen MR) is 99.9 cm³/mol. The number of nitrogen functional groups attached to an aromatic ring is 1. The van der Waals surface area contributed by atoms with Crippen LogP contribution >= 0.6 is 11.8 Å². The van der Waals surface area contributed by atoms with Gasteiger partial charge in [-0.1, -0.05) is 5.57 Å². The number of allylic oxidation sites excluding steroid dienone is 1. The number of amides is 2. The van der Waals surface area contributed by atoms with E-state index in [4.69, 9.17) is 5.73 Å². The third-order valence-corrected chi connectivity index (χ3v) is 5.94. The van der Waals surface area contributed by atoms with Crippen LogP contribution in [0.25, 0.3) is 10.9 Å². The Morgan fingerprint density at radius 2 is 1.96 bits per heavy atom. The van der Waals surface area contributed by atoms with E-state index in [-0.39, 0.29) is 30.6 Å². The molecule has 0 unspecified atom stereocenters. The Bertz CT molecular complexity index is 1030. The quantitative estimate of drug-likeness (QED) is 0.606. The zero-order chi connectivity index (χ0) is 20.1. The molecule has 2 heterocycles. The molecule has 0 spiro atoms. The van der Waals surface area contributed by atoms with Crippen molar-refractivity contribution in [3.63, 3.8) is 0 Å². The molecular weight excluding hydrogens is 390 g/mol. The van der Waals surface area contributed by atoms with Gasteiger partial charge in [0.05, 0.1) is 16.6 Å². The molecule has 2 N–H and O–H groups in total. The maximum Gasteiger partial charge on any atom is 0.294 e. The molecule has 0 atom stereocenters. The Morgan fingerprint density at radius 3 is 2.68 bits per heavy atom. The number of hydrogen-bond acceptors (Lipinski definition) is 6. The smallest absolute Gasteiger partial charge is 0.294 e. The van der Waals surface area contributed by atoms with Gasteiger partial charge in [0, 0.05) is 23.9 Å². The van der Waals surface area contributed by atoms with Crippen LogP contribution in [0, 0.1) is 0 Å². The Hall–Kier alpha value is -2.75. The number of thioether (sulfide) groups is 1. The summed E-state index contributed by atoms with van der Waals surface area (Å²) in [6, 6.07) is 4.97. The summed E-state index contributed by atoms with van der Waals surface area (Å²) in [6.45, 7) is -0.483. The number of imide groups is 1. The lowest BCUT2D eigenvalue weighted by atomic mass is 9.91. The Morgan fingerprint density at radius 1 is 1.25 bits per heavy atom. The summed E-state index contributed by atoms with van der Waals surface area (Å²) >= 11 is 0.704. The van der Waals surface area contributed by atoms with Crippen molar-refractivity contribution in [1.29, 1.82) is 0 Å². The lowest BCUT2D eigenvalue weighted by molar-refractivity contribution is -0.122. The van der Waals surface area contributed by atoms with Gasteiger partial charge in [0.1, 0.15) is 6.54 Å². The summed E-state index contributed by atoms with van der Waals surface area (Å²) in [5.74, 6) is -3.91. The number of nitrogens with two attached hydrogens (primary N) is 1. The van der Waals surface area contributed by atoms with Gasteiger partial charge in [-0.15, -0.1) is 0 Å². The fourth-order valence-electron chi connectivity index (χ4n) is 3.33. The highest BCUT2D eigenvalue weighted by Gasteiger charge is 2.41. The molecule has 1 aliphatic carbocycles. The lowest BCUT2D eigenvalue weighted by Gasteiger charge is -2.24. The van der Waals surface area contributed by atoms with Gasteiger partial charge in [-0.05, 0) is 42.8 Å². The summed E-state index contributed by atoms with van der Waals surface area (Å²) in [5.41, 5.74) is 7.23. The predicted octanol–water partition coefficient (Wildman–Crippen LogP) is 3.42. The number of benzene rings is 1. The molecule has 4 rings (SSSR count). The highest BCUT2D eigenvalue weighted by atomic mass is 32.2. The van der Waals surface area contributed by atoms with Gasteiger partial charge >= 0.3 is 0 Å². The third kappa shape index (κ3) is 3.28. The molecule has 0 radical (unpaired) electrons. The van der Waals surface area contributed by atoms with Crippen LogP contribution in [0.1, 0.15) is 30.5 Å². The third-order valence-electron chi connectivity index (χ3n) is 4.88. The molecule has 7 nitrogen and oxygen atoms in total. The van der Waals surface area contributed by atoms with E-state index in [0.29, 0.717) is 33.9 Å². The molecule has 2 aromatic rings. The molecule has 1 saturated heterocycles. The summed E-state index contributed by atoms with van der Waals surface area (Å²) in [6.07, 6.45) is 0.948. The largest absolute Gasteiger partial charge is 0.399 e. The molecule has 1 aromatic carbocycles. The Kier molecular flexibility index (Phi) is 4.45. The number of aromatic nitrogens is 2. The maximum atomic E-state index is 13.3. The van der Waals surface area contributed by atoms with E-state index in [1.165, 1.54) is 6.20 Å². The molecule has 2 amide bonds. The van der Waals surface area contributed by atoms with Gasteiger partial charge in [0.15, 0.2) is 0 Å². The number of fused-ring (bicyclic) bond motifs is 1. The standard InChI is InChI=1S/C18H16F2N4O3S/c19-18(20)5-3-10(4-6-18)15-16(26)23(17(27)28-15)9-14(25)24-13-7-12(21)2-1-11(13)8-22-24/h1-2,7-8H,3-6,9,21H2. The normalized spacial score (nSPS) is 19.7. The van der Waals surface area contributed by atoms with Crippen LogP contribution in [0.4, 0.5) is 19.3 Å². The van der Waals surface area contributed by atoms with E-state index in [9.17, 15) is 23.2 Å². The number of anilines is 1. The SMILES string of the molecule is Nc1ccc2cnn(C(=O)CN3C(=O)SC(=C4CCC(F)(F)CC4)C3=O)c2c1. The monoisotopic (exact) mass is 406 g/mol. The van der Waals surface area contributed by atoms with Crippen LogP contribution in [-0.2, 0) is 4.79 Å². The van der Waals surface area contributed by atoms with Crippen LogP contribution in [0.15, 0.2) is 34.9 Å². The fraction of sp³-hybridized carbons (Fsp3) is 0.333. The van der Waals surface area contributed by atoms with Crippen LogP contribution < -0.4 is 5.73 Å². The molecule has 1 aromatic heterocycles. The highest BCUT2D eigenvalue weighted by Crippen LogP contribution is 2.42. The molecule has 1 saturated carbocycles. The average molecular weight is 406 g/mol. The van der Waals surface area contributed by atoms with Crippen LogP contribution in [0.5, 0.6) is 0 Å². The molecule has 146 valence electrons. The summed E-state index contributed by atoms with van der Waals surface area (Å²) in [7, 11) is 0. The summed E-state index contributed by atoms with van der Waals surface area (Å²) < 4.78 is 27.8. The molecular formula is C18H16F2N4O3S. The minimum Gasteiger partial charge on any atom is -0.399 e. The van der Waals surface area contributed by atoms with Gasteiger partial charge in [-0.3, -0.25) is 19.3 Å². The lowest BCUT2D eigenvalue weighted by Crippen LogP contribution is -2.36. The first-order valence-electron chi connectivity index (χ1n) is 8.65. The molecule has 2 aliphatic rings. The van der Waals surface area contributed by atoms with E-state index >= 15 is 0 Å². The second-order valence-corrected chi connectivity index (χ2v) is 7.78. The van der Waals surface area contributed by atoms with E-state index in [1.807, 2.05) is 0 Å². The number of alkyl halides is 2.